The first-order valence-corrected chi connectivity index (χ1v) is 27.3. The molecule has 0 aromatic rings. The Balaban J connectivity index is 0.982. The van der Waals surface area contributed by atoms with E-state index in [9.17, 15) is 81.1 Å². The van der Waals surface area contributed by atoms with E-state index in [0.29, 0.717) is 25.7 Å². The van der Waals surface area contributed by atoms with Gasteiger partial charge >= 0.3 is 17.9 Å². The summed E-state index contributed by atoms with van der Waals surface area (Å²) in [6.45, 7) is 14.2. The van der Waals surface area contributed by atoms with E-state index in [1.54, 1.807) is 0 Å². The van der Waals surface area contributed by atoms with Crippen molar-refractivity contribution < 1.29 is 124 Å². The molecule has 0 aromatic heterocycles. The van der Waals surface area contributed by atoms with Crippen molar-refractivity contribution in [2.45, 2.75) is 242 Å². The number of allylic oxidation sites excluding steroid dienone is 2. The second-order valence-corrected chi connectivity index (χ2v) is 25.9. The average Bonchev–Trinajstić information content (AvgIpc) is 3.38. The quantitative estimate of drug-likeness (QED) is 0.0625. The molecule has 78 heavy (non-hydrogen) atoms. The highest BCUT2D eigenvalue weighted by atomic mass is 16.8. The molecule has 4 saturated carbocycles. The predicted octanol–water partition coefficient (Wildman–Crippen LogP) is -2.24. The van der Waals surface area contributed by atoms with Crippen LogP contribution >= 0.6 is 0 Å². The highest BCUT2D eigenvalue weighted by molar-refractivity contribution is 5.80. The van der Waals surface area contributed by atoms with E-state index in [4.69, 9.17) is 37.9 Å². The number of rotatable bonds is 10. The minimum atomic E-state index is -2.03. The first-order valence-electron chi connectivity index (χ1n) is 27.3. The molecule has 5 aliphatic carbocycles. The van der Waals surface area contributed by atoms with Gasteiger partial charge in [-0.2, -0.15) is 0 Å². The fourth-order valence-electron chi connectivity index (χ4n) is 16.3. The van der Waals surface area contributed by atoms with Crippen LogP contribution in [-0.4, -0.2) is 231 Å². The summed E-state index contributed by atoms with van der Waals surface area (Å²) in [4.78, 5) is 41.1. The normalized spacial score (nSPS) is 55.0. The van der Waals surface area contributed by atoms with Crippen molar-refractivity contribution in [2.75, 3.05) is 6.61 Å². The second kappa shape index (κ2) is 20.9. The van der Waals surface area contributed by atoms with Gasteiger partial charge in [0.05, 0.1) is 36.4 Å². The van der Waals surface area contributed by atoms with Crippen LogP contribution < -0.4 is 0 Å². The monoisotopic (exact) mass is 1120 g/mol. The molecule has 14 N–H and O–H groups in total. The molecule has 0 spiro atoms. The number of aliphatic hydroxyl groups excluding tert-OH is 12. The number of fused-ring (bicyclic) bond motifs is 7. The summed E-state index contributed by atoms with van der Waals surface area (Å²) < 4.78 is 46.8. The summed E-state index contributed by atoms with van der Waals surface area (Å²) in [5.74, 6) is -5.54. The Morgan fingerprint density at radius 2 is 1.19 bits per heavy atom. The van der Waals surface area contributed by atoms with Crippen molar-refractivity contribution in [3.63, 3.8) is 0 Å². The van der Waals surface area contributed by atoms with E-state index in [0.717, 1.165) is 5.57 Å². The first kappa shape index (κ1) is 60.0. The van der Waals surface area contributed by atoms with Crippen LogP contribution in [0.15, 0.2) is 11.6 Å². The van der Waals surface area contributed by atoms with Crippen LogP contribution in [0.25, 0.3) is 0 Å². The zero-order valence-electron chi connectivity index (χ0n) is 45.1. The smallest absolute Gasteiger partial charge is 0.335 e. The molecule has 0 bridgehead atoms. The second-order valence-electron chi connectivity index (χ2n) is 25.9. The van der Waals surface area contributed by atoms with Gasteiger partial charge in [0, 0.05) is 0 Å². The maximum atomic E-state index is 15.4. The van der Waals surface area contributed by atoms with Crippen molar-refractivity contribution in [3.05, 3.63) is 11.6 Å². The molecule has 4 heterocycles. The van der Waals surface area contributed by atoms with E-state index in [2.05, 4.69) is 33.8 Å². The third-order valence-electron chi connectivity index (χ3n) is 21.0. The van der Waals surface area contributed by atoms with Crippen molar-refractivity contribution >= 4 is 17.9 Å². The minimum absolute atomic E-state index is 0.00849. The van der Waals surface area contributed by atoms with E-state index < -0.39 is 198 Å². The maximum Gasteiger partial charge on any atom is 0.335 e. The Morgan fingerprint density at radius 3 is 1.85 bits per heavy atom. The van der Waals surface area contributed by atoms with E-state index in [-0.39, 0.29) is 37.0 Å². The van der Waals surface area contributed by atoms with Gasteiger partial charge in [-0.1, -0.05) is 46.3 Å². The van der Waals surface area contributed by atoms with Crippen molar-refractivity contribution in [1.29, 1.82) is 0 Å². The van der Waals surface area contributed by atoms with Gasteiger partial charge < -0.3 is 109 Å². The molecule has 0 unspecified atom stereocenters. The topological polar surface area (TPSA) is 408 Å². The van der Waals surface area contributed by atoms with E-state index >= 15 is 4.79 Å². The molecule has 8 fully saturated rings. The zero-order chi connectivity index (χ0) is 57.5. The lowest BCUT2D eigenvalue weighted by Crippen LogP contribution is -2.71. The third-order valence-corrected chi connectivity index (χ3v) is 21.0. The Hall–Kier alpha value is -2.61. The summed E-state index contributed by atoms with van der Waals surface area (Å²) in [6, 6.07) is 0. The van der Waals surface area contributed by atoms with Crippen LogP contribution in [0.5, 0.6) is 0 Å². The van der Waals surface area contributed by atoms with Crippen LogP contribution in [0, 0.1) is 50.2 Å². The number of carbonyl (C=O) groups excluding carboxylic acids is 1. The Labute approximate surface area is 450 Å². The molecular weight excluding hydrogens is 1040 g/mol. The standard InChI is InChI=1S/C53H82O25/c1-19-28(57)31(60)39(76-43-36(65)33(62)37(20(2)73-43)74-42-34(63)29(58)24(55)18-71-42)45(72-19)78-47(70)53-14-13-48(3,4)15-22(53)21-9-10-25-49(5)16-23(54)40(77-44-35(64)30(59)32(61)38(75-44)41(66)67)52(8,46(68)69)26(49)11-12-50(25,6)51(21,7)17-27(53)56/h9,19-20,22-40,42-45,54-65H,10-18H2,1-8H3,(H,66,67)(H,68,69)/t19-,20+,22+,23+,24-,25-,26-,27-,28-,29+,30+,31+,32+,33+,34-,35-,36-,37+,38+,39-,40+,42+,43+,44+,45+,49-,50-,51-,52+,53-/m1/s1. The van der Waals surface area contributed by atoms with Crippen LogP contribution in [0.3, 0.4) is 0 Å². The summed E-state index contributed by atoms with van der Waals surface area (Å²) in [5, 5.41) is 154. The van der Waals surface area contributed by atoms with Crippen LogP contribution in [0.2, 0.25) is 0 Å². The fraction of sp³-hybridized carbons (Fsp3) is 0.906. The molecule has 25 heteroatoms. The lowest BCUT2D eigenvalue weighted by atomic mass is 9.33. The fourth-order valence-corrected chi connectivity index (χ4v) is 16.3. The Kier molecular flexibility index (Phi) is 16.1. The van der Waals surface area contributed by atoms with Gasteiger partial charge in [-0.3, -0.25) is 9.59 Å². The lowest BCUT2D eigenvalue weighted by Gasteiger charge is -2.71. The van der Waals surface area contributed by atoms with Gasteiger partial charge in [0.25, 0.3) is 0 Å². The molecule has 30 atom stereocenters. The highest BCUT2D eigenvalue weighted by Crippen LogP contribution is 2.76. The molecule has 444 valence electrons. The molecule has 9 aliphatic rings. The molecule has 4 saturated heterocycles. The maximum absolute atomic E-state index is 15.4. The summed E-state index contributed by atoms with van der Waals surface area (Å²) in [6.07, 6.45) is -32.7. The van der Waals surface area contributed by atoms with Crippen LogP contribution in [0.1, 0.15) is 107 Å². The van der Waals surface area contributed by atoms with Gasteiger partial charge in [0.2, 0.25) is 6.29 Å². The molecule has 0 radical (unpaired) electrons. The number of esters is 1. The van der Waals surface area contributed by atoms with Gasteiger partial charge in [0.15, 0.2) is 31.1 Å². The summed E-state index contributed by atoms with van der Waals surface area (Å²) in [5.41, 5.74) is -5.41. The number of aliphatic hydroxyl groups is 12. The molecular formula is C53H82O25. The SMILES string of the molecule is C[C@@H]1O[C@@H](O[C@H]2[C@H](OC(=O)[C@]34CCC(C)(C)C[C@H]3C3=CC[C@@H]5[C@@]6(C)C[C@H](O)[C@H](O[C@@H]7O[C@H](C(=O)O)[C@@H](O)[C@H](O)[C@H]7O)[C@@](C)(C(=O)O)[C@@H]6CC[C@@]5(C)[C@]3(C)C[C@H]4O)O[C@H](C)[C@@H](O)[C@@H]2O)[C@H](O)[C@H](O)[C@H]1O[C@@H]1OC[C@@H](O)[C@H](O)[C@H]1O. The van der Waals surface area contributed by atoms with E-state index in [1.807, 2.05) is 6.92 Å². The molecule has 25 nitrogen and oxygen atoms in total. The van der Waals surface area contributed by atoms with E-state index in [1.165, 1.54) is 20.8 Å². The Bertz CT molecular complexity index is 2290. The zero-order valence-corrected chi connectivity index (χ0v) is 45.1. The molecule has 0 amide bonds. The van der Waals surface area contributed by atoms with Gasteiger partial charge in [-0.05, 0) is 112 Å². The molecule has 9 rings (SSSR count). The Morgan fingerprint density at radius 1 is 0.590 bits per heavy atom. The molecule has 4 aliphatic heterocycles. The van der Waals surface area contributed by atoms with Gasteiger partial charge in [-0.25, -0.2) is 4.79 Å². The lowest BCUT2D eigenvalue weighted by molar-refractivity contribution is -0.373. The predicted molar refractivity (Wildman–Crippen MR) is 259 cm³/mol. The number of carbonyl (C=O) groups is 3. The third kappa shape index (κ3) is 9.21. The van der Waals surface area contributed by atoms with Crippen molar-refractivity contribution in [1.82, 2.24) is 0 Å². The summed E-state index contributed by atoms with van der Waals surface area (Å²) in [7, 11) is 0. The number of carboxylic acids is 2. The van der Waals surface area contributed by atoms with Crippen LogP contribution in [-0.2, 0) is 52.3 Å². The average molecular weight is 1120 g/mol. The van der Waals surface area contributed by atoms with Crippen molar-refractivity contribution in [3.8, 4) is 0 Å². The highest BCUT2D eigenvalue weighted by Gasteiger charge is 2.74. The summed E-state index contributed by atoms with van der Waals surface area (Å²) >= 11 is 0. The van der Waals surface area contributed by atoms with Crippen LogP contribution in [0.4, 0.5) is 0 Å². The number of hydrogen-bond donors (Lipinski definition) is 14. The largest absolute Gasteiger partial charge is 0.481 e. The number of carboxylic acid groups (broad SMARTS) is 2. The number of aliphatic carboxylic acids is 2. The number of ether oxygens (including phenoxy) is 8. The van der Waals surface area contributed by atoms with Gasteiger partial charge in [-0.15, -0.1) is 0 Å². The minimum Gasteiger partial charge on any atom is -0.481 e. The van der Waals surface area contributed by atoms with Crippen molar-refractivity contribution in [2.24, 2.45) is 50.2 Å². The molecule has 0 aromatic carbocycles. The van der Waals surface area contributed by atoms with Gasteiger partial charge in [0.1, 0.15) is 78.7 Å². The first-order chi connectivity index (χ1) is 36.2. The number of hydrogen-bond acceptors (Lipinski definition) is 23.